The zero-order chi connectivity index (χ0) is 30.7. The number of carbonyl (C=O) groups is 4. The third-order valence-corrected chi connectivity index (χ3v) is 8.08. The standard InChI is InChI=1S/C31H19Br2Cl2N3O5/c32-23-14-18(15-24(33)28(23)43-17-27(39)36-19-11-12-25(34)26(35)16-19)13-22-29(40)37(20-7-3-1-4-8-20)31(42)38(30(22)41)21-9-5-2-6-10-21/h1-16H,17H2,(H,36,39). The Hall–Kier alpha value is -3.96. The number of carbonyl (C=O) groups excluding carboxylic acids is 4. The molecule has 1 N–H and O–H groups in total. The summed E-state index contributed by atoms with van der Waals surface area (Å²) >= 11 is 18.8. The number of imide groups is 2. The zero-order valence-electron chi connectivity index (χ0n) is 21.9. The molecule has 0 saturated carbocycles. The third-order valence-electron chi connectivity index (χ3n) is 6.16. The highest BCUT2D eigenvalue weighted by atomic mass is 79.9. The number of nitrogens with one attached hydrogen (secondary N) is 1. The molecular formula is C31H19Br2Cl2N3O5. The van der Waals surface area contributed by atoms with Crippen LogP contribution in [0.3, 0.4) is 0 Å². The summed E-state index contributed by atoms with van der Waals surface area (Å²) < 4.78 is 6.62. The van der Waals surface area contributed by atoms with Crippen LogP contribution in [0.4, 0.5) is 21.9 Å². The molecule has 1 aliphatic rings. The minimum Gasteiger partial charge on any atom is -0.481 e. The van der Waals surface area contributed by atoms with Gasteiger partial charge in [-0.05, 0) is 98.1 Å². The van der Waals surface area contributed by atoms with Crippen molar-refractivity contribution in [1.29, 1.82) is 0 Å². The number of hydrogen-bond acceptors (Lipinski definition) is 5. The normalized spacial score (nSPS) is 13.3. The maximum absolute atomic E-state index is 13.6. The van der Waals surface area contributed by atoms with E-state index < -0.39 is 23.8 Å². The summed E-state index contributed by atoms with van der Waals surface area (Å²) in [4.78, 5) is 55.1. The van der Waals surface area contributed by atoms with Crippen molar-refractivity contribution in [2.45, 2.75) is 0 Å². The van der Waals surface area contributed by atoms with E-state index in [0.29, 0.717) is 47.4 Å². The van der Waals surface area contributed by atoms with Crippen LogP contribution in [-0.2, 0) is 14.4 Å². The SMILES string of the molecule is O=C(COc1c(Br)cc(C=C2C(=O)N(c3ccccc3)C(=O)N(c3ccccc3)C2=O)cc1Br)Nc1ccc(Cl)c(Cl)c1. The smallest absolute Gasteiger partial charge is 0.343 e. The molecule has 8 nitrogen and oxygen atoms in total. The van der Waals surface area contributed by atoms with Gasteiger partial charge in [-0.2, -0.15) is 0 Å². The van der Waals surface area contributed by atoms with Gasteiger partial charge in [0, 0.05) is 5.69 Å². The molecule has 0 atom stereocenters. The van der Waals surface area contributed by atoms with Crippen LogP contribution >= 0.6 is 55.1 Å². The first-order chi connectivity index (χ1) is 20.6. The van der Waals surface area contributed by atoms with Crippen LogP contribution in [-0.4, -0.2) is 30.4 Å². The molecule has 5 amide bonds. The second kappa shape index (κ2) is 13.1. The summed E-state index contributed by atoms with van der Waals surface area (Å²) in [6, 6.07) is 23.9. The Morgan fingerprint density at radius 1 is 0.767 bits per heavy atom. The molecule has 0 spiro atoms. The minimum absolute atomic E-state index is 0.222. The van der Waals surface area contributed by atoms with E-state index in [1.165, 1.54) is 12.1 Å². The second-order valence-electron chi connectivity index (χ2n) is 9.07. The monoisotopic (exact) mass is 741 g/mol. The summed E-state index contributed by atoms with van der Waals surface area (Å²) in [7, 11) is 0. The van der Waals surface area contributed by atoms with E-state index in [0.717, 1.165) is 9.80 Å². The fourth-order valence-electron chi connectivity index (χ4n) is 4.22. The van der Waals surface area contributed by atoms with E-state index >= 15 is 0 Å². The highest BCUT2D eigenvalue weighted by molar-refractivity contribution is 9.11. The van der Waals surface area contributed by atoms with Crippen LogP contribution in [0.25, 0.3) is 6.08 Å². The predicted octanol–water partition coefficient (Wildman–Crippen LogP) is 8.12. The second-order valence-corrected chi connectivity index (χ2v) is 11.6. The van der Waals surface area contributed by atoms with Gasteiger partial charge in [0.1, 0.15) is 11.3 Å². The number of amides is 5. The molecular weight excluding hydrogens is 725 g/mol. The molecule has 5 rings (SSSR count). The van der Waals surface area contributed by atoms with Crippen molar-refractivity contribution in [1.82, 2.24) is 0 Å². The first-order valence-electron chi connectivity index (χ1n) is 12.6. The summed E-state index contributed by atoms with van der Waals surface area (Å²) in [6.07, 6.45) is 1.40. The lowest BCUT2D eigenvalue weighted by Crippen LogP contribution is -2.57. The highest BCUT2D eigenvalue weighted by Gasteiger charge is 2.43. The Balaban J connectivity index is 1.42. The van der Waals surface area contributed by atoms with Gasteiger partial charge in [0.2, 0.25) is 0 Å². The van der Waals surface area contributed by atoms with Gasteiger partial charge < -0.3 is 10.1 Å². The van der Waals surface area contributed by atoms with Gasteiger partial charge in [-0.1, -0.05) is 59.6 Å². The van der Waals surface area contributed by atoms with Crippen molar-refractivity contribution in [3.8, 4) is 5.75 Å². The van der Waals surface area contributed by atoms with Gasteiger partial charge in [-0.15, -0.1) is 0 Å². The van der Waals surface area contributed by atoms with Gasteiger partial charge in [-0.3, -0.25) is 14.4 Å². The Morgan fingerprint density at radius 3 is 1.81 bits per heavy atom. The van der Waals surface area contributed by atoms with Crippen LogP contribution < -0.4 is 19.9 Å². The largest absolute Gasteiger partial charge is 0.481 e. The number of rotatable bonds is 7. The van der Waals surface area contributed by atoms with Crippen LogP contribution in [0, 0.1) is 0 Å². The van der Waals surface area contributed by atoms with Crippen molar-refractivity contribution in [3.05, 3.63) is 121 Å². The van der Waals surface area contributed by atoms with Crippen molar-refractivity contribution in [2.24, 2.45) is 0 Å². The van der Waals surface area contributed by atoms with E-state index in [1.54, 1.807) is 84.9 Å². The molecule has 4 aromatic carbocycles. The van der Waals surface area contributed by atoms with Crippen molar-refractivity contribution in [3.63, 3.8) is 0 Å². The Morgan fingerprint density at radius 2 is 1.30 bits per heavy atom. The number of benzene rings is 4. The quantitative estimate of drug-likeness (QED) is 0.152. The number of nitrogens with zero attached hydrogens (tertiary/aromatic N) is 2. The van der Waals surface area contributed by atoms with E-state index in [1.807, 2.05) is 0 Å². The lowest BCUT2D eigenvalue weighted by atomic mass is 10.0. The average Bonchev–Trinajstić information content (AvgIpc) is 2.98. The van der Waals surface area contributed by atoms with Gasteiger partial charge in [0.05, 0.1) is 30.4 Å². The fourth-order valence-corrected chi connectivity index (χ4v) is 5.96. The van der Waals surface area contributed by atoms with E-state index in [-0.39, 0.29) is 12.2 Å². The van der Waals surface area contributed by atoms with Gasteiger partial charge in [0.15, 0.2) is 6.61 Å². The molecule has 43 heavy (non-hydrogen) atoms. The number of anilines is 3. The number of ether oxygens (including phenoxy) is 1. The topological polar surface area (TPSA) is 96.0 Å². The third kappa shape index (κ3) is 6.67. The molecule has 1 heterocycles. The molecule has 0 unspecified atom stereocenters. The van der Waals surface area contributed by atoms with Crippen molar-refractivity contribution < 1.29 is 23.9 Å². The Labute approximate surface area is 273 Å². The van der Waals surface area contributed by atoms with Crippen LogP contribution in [0.1, 0.15) is 5.56 Å². The predicted molar refractivity (Wildman–Crippen MR) is 174 cm³/mol. The molecule has 0 bridgehead atoms. The van der Waals surface area contributed by atoms with E-state index in [2.05, 4.69) is 37.2 Å². The molecule has 1 aliphatic heterocycles. The number of barbiturate groups is 1. The average molecular weight is 744 g/mol. The fraction of sp³-hybridized carbons (Fsp3) is 0.0323. The summed E-state index contributed by atoms with van der Waals surface area (Å²) in [5.41, 5.74) is 1.33. The highest BCUT2D eigenvalue weighted by Crippen LogP contribution is 2.37. The van der Waals surface area contributed by atoms with Crippen molar-refractivity contribution in [2.75, 3.05) is 21.7 Å². The van der Waals surface area contributed by atoms with Gasteiger partial charge in [0.25, 0.3) is 17.7 Å². The molecule has 1 fully saturated rings. The molecule has 0 aromatic heterocycles. The van der Waals surface area contributed by atoms with Crippen LogP contribution in [0.5, 0.6) is 5.75 Å². The van der Waals surface area contributed by atoms with Crippen molar-refractivity contribution >= 4 is 102 Å². The Bertz CT molecular complexity index is 1700. The maximum atomic E-state index is 13.6. The first-order valence-corrected chi connectivity index (χ1v) is 14.9. The first kappa shape index (κ1) is 30.5. The maximum Gasteiger partial charge on any atom is 0.343 e. The number of urea groups is 1. The lowest BCUT2D eigenvalue weighted by molar-refractivity contribution is -0.121. The lowest BCUT2D eigenvalue weighted by Gasteiger charge is -2.34. The molecule has 216 valence electrons. The summed E-state index contributed by atoms with van der Waals surface area (Å²) in [5, 5.41) is 3.34. The van der Waals surface area contributed by atoms with Crippen LogP contribution in [0.15, 0.2) is 106 Å². The van der Waals surface area contributed by atoms with E-state index in [4.69, 9.17) is 27.9 Å². The molecule has 4 aromatic rings. The molecule has 0 aliphatic carbocycles. The molecule has 12 heteroatoms. The number of hydrogen-bond donors (Lipinski definition) is 1. The Kier molecular flexibility index (Phi) is 9.31. The van der Waals surface area contributed by atoms with Gasteiger partial charge >= 0.3 is 6.03 Å². The van der Waals surface area contributed by atoms with Crippen LogP contribution in [0.2, 0.25) is 10.0 Å². The number of para-hydroxylation sites is 2. The summed E-state index contributed by atoms with van der Waals surface area (Å²) in [5.74, 6) is -1.65. The minimum atomic E-state index is -0.783. The van der Waals surface area contributed by atoms with Gasteiger partial charge in [-0.25, -0.2) is 14.6 Å². The molecule has 0 radical (unpaired) electrons. The number of halogens is 4. The molecule has 1 saturated heterocycles. The summed E-state index contributed by atoms with van der Waals surface area (Å²) in [6.45, 7) is -0.324. The van der Waals surface area contributed by atoms with E-state index in [9.17, 15) is 19.2 Å². The zero-order valence-corrected chi connectivity index (χ0v) is 26.6.